The average molecular weight is 279 g/mol. The number of nitrogens with two attached hydrogens (primary N) is 1. The lowest BCUT2D eigenvalue weighted by Gasteiger charge is -2.15. The monoisotopic (exact) mass is 279 g/mol. The van der Waals surface area contributed by atoms with Gasteiger partial charge in [-0.15, -0.1) is 0 Å². The highest BCUT2D eigenvalue weighted by Crippen LogP contribution is 2.19. The van der Waals surface area contributed by atoms with Crippen molar-refractivity contribution in [3.8, 4) is 0 Å². The molecule has 2 aromatic heterocycles. The van der Waals surface area contributed by atoms with Crippen LogP contribution in [-0.2, 0) is 6.54 Å². The molecule has 0 saturated carbocycles. The second-order valence-electron chi connectivity index (χ2n) is 4.91. The summed E-state index contributed by atoms with van der Waals surface area (Å²) in [5.74, 6) is 0.790. The molecule has 0 aliphatic heterocycles. The number of benzene rings is 1. The number of anilines is 1. The van der Waals surface area contributed by atoms with E-state index in [0.29, 0.717) is 12.2 Å². The molecule has 1 atom stereocenters. The summed E-state index contributed by atoms with van der Waals surface area (Å²) in [6, 6.07) is 12.3. The van der Waals surface area contributed by atoms with E-state index in [2.05, 4.69) is 39.3 Å². The quantitative estimate of drug-likeness (QED) is 0.767. The standard InChI is InChI=1S/C16H17N5/c1-11(13-4-2-12(10-17)3-5-13)20-15-7-6-14-16(21-15)19-9-8-18-14/h2-9,11H,10,17H2,1H3,(H,19,20,21). The van der Waals surface area contributed by atoms with Crippen LogP contribution in [0.25, 0.3) is 11.2 Å². The van der Waals surface area contributed by atoms with Crippen molar-refractivity contribution < 1.29 is 0 Å². The highest BCUT2D eigenvalue weighted by Gasteiger charge is 2.07. The minimum Gasteiger partial charge on any atom is -0.363 e. The van der Waals surface area contributed by atoms with Crippen LogP contribution < -0.4 is 11.1 Å². The van der Waals surface area contributed by atoms with E-state index in [1.807, 2.05) is 24.3 Å². The number of nitrogens with one attached hydrogen (secondary N) is 1. The Kier molecular flexibility index (Phi) is 3.75. The maximum atomic E-state index is 5.61. The van der Waals surface area contributed by atoms with E-state index in [1.54, 1.807) is 12.4 Å². The molecule has 0 aliphatic carbocycles. The van der Waals surface area contributed by atoms with Gasteiger partial charge in [-0.2, -0.15) is 0 Å². The van der Waals surface area contributed by atoms with Crippen molar-refractivity contribution in [1.82, 2.24) is 15.0 Å². The third-order valence-electron chi connectivity index (χ3n) is 3.41. The van der Waals surface area contributed by atoms with Crippen molar-refractivity contribution in [3.63, 3.8) is 0 Å². The fourth-order valence-corrected chi connectivity index (χ4v) is 2.18. The van der Waals surface area contributed by atoms with Gasteiger partial charge in [0.2, 0.25) is 0 Å². The van der Waals surface area contributed by atoms with E-state index in [-0.39, 0.29) is 6.04 Å². The first-order chi connectivity index (χ1) is 10.3. The van der Waals surface area contributed by atoms with Gasteiger partial charge in [-0.3, -0.25) is 4.98 Å². The van der Waals surface area contributed by atoms with Crippen LogP contribution in [0.3, 0.4) is 0 Å². The lowest BCUT2D eigenvalue weighted by atomic mass is 10.1. The molecule has 2 heterocycles. The van der Waals surface area contributed by atoms with Crippen LogP contribution in [0.1, 0.15) is 24.1 Å². The smallest absolute Gasteiger partial charge is 0.180 e. The Labute approximate surface area is 123 Å². The fraction of sp³-hybridized carbons (Fsp3) is 0.188. The maximum Gasteiger partial charge on any atom is 0.180 e. The van der Waals surface area contributed by atoms with Gasteiger partial charge in [-0.1, -0.05) is 24.3 Å². The number of aromatic nitrogens is 3. The number of nitrogens with zero attached hydrogens (tertiary/aromatic N) is 3. The van der Waals surface area contributed by atoms with Crippen molar-refractivity contribution in [2.24, 2.45) is 5.73 Å². The largest absolute Gasteiger partial charge is 0.363 e. The molecule has 0 fully saturated rings. The van der Waals surface area contributed by atoms with Crippen molar-refractivity contribution in [2.75, 3.05) is 5.32 Å². The maximum absolute atomic E-state index is 5.61. The Morgan fingerprint density at radius 2 is 1.81 bits per heavy atom. The highest BCUT2D eigenvalue weighted by molar-refractivity contribution is 5.71. The Morgan fingerprint density at radius 3 is 2.57 bits per heavy atom. The van der Waals surface area contributed by atoms with Crippen LogP contribution in [0, 0.1) is 0 Å². The van der Waals surface area contributed by atoms with Crippen molar-refractivity contribution >= 4 is 17.0 Å². The second kappa shape index (κ2) is 5.85. The summed E-state index contributed by atoms with van der Waals surface area (Å²) in [7, 11) is 0. The van der Waals surface area contributed by atoms with Crippen molar-refractivity contribution in [1.29, 1.82) is 0 Å². The third kappa shape index (κ3) is 2.98. The molecule has 106 valence electrons. The van der Waals surface area contributed by atoms with E-state index in [1.165, 1.54) is 5.56 Å². The Hall–Kier alpha value is -2.53. The van der Waals surface area contributed by atoms with E-state index >= 15 is 0 Å². The number of hydrogen-bond acceptors (Lipinski definition) is 5. The predicted octanol–water partition coefficient (Wildman–Crippen LogP) is 2.66. The molecule has 3 N–H and O–H groups in total. The summed E-state index contributed by atoms with van der Waals surface area (Å²) in [6.07, 6.45) is 3.31. The van der Waals surface area contributed by atoms with Crippen molar-refractivity contribution in [3.05, 3.63) is 59.9 Å². The molecule has 1 unspecified atom stereocenters. The molecule has 0 saturated heterocycles. The van der Waals surface area contributed by atoms with Gasteiger partial charge < -0.3 is 11.1 Å². The summed E-state index contributed by atoms with van der Waals surface area (Å²) in [6.45, 7) is 2.66. The molecule has 0 spiro atoms. The molecule has 0 amide bonds. The van der Waals surface area contributed by atoms with Crippen molar-refractivity contribution in [2.45, 2.75) is 19.5 Å². The third-order valence-corrected chi connectivity index (χ3v) is 3.41. The van der Waals surface area contributed by atoms with Gasteiger partial charge in [-0.05, 0) is 30.2 Å². The molecule has 5 heteroatoms. The number of hydrogen-bond donors (Lipinski definition) is 2. The molecule has 1 aromatic carbocycles. The van der Waals surface area contributed by atoms with Gasteiger partial charge in [0.05, 0.1) is 0 Å². The zero-order valence-corrected chi connectivity index (χ0v) is 11.8. The minimum absolute atomic E-state index is 0.151. The van der Waals surface area contributed by atoms with Gasteiger partial charge in [0, 0.05) is 25.0 Å². The second-order valence-corrected chi connectivity index (χ2v) is 4.91. The van der Waals surface area contributed by atoms with Gasteiger partial charge in [0.15, 0.2) is 5.65 Å². The summed E-state index contributed by atoms with van der Waals surface area (Å²) in [4.78, 5) is 12.9. The molecule has 0 radical (unpaired) electrons. The minimum atomic E-state index is 0.151. The SMILES string of the molecule is CC(Nc1ccc2nccnc2n1)c1ccc(CN)cc1. The first kappa shape index (κ1) is 13.5. The molecular formula is C16H17N5. The molecule has 21 heavy (non-hydrogen) atoms. The summed E-state index contributed by atoms with van der Waals surface area (Å²) >= 11 is 0. The van der Waals surface area contributed by atoms with Crippen LogP contribution >= 0.6 is 0 Å². The topological polar surface area (TPSA) is 76.7 Å². The van der Waals surface area contributed by atoms with Crippen LogP contribution in [-0.4, -0.2) is 15.0 Å². The van der Waals surface area contributed by atoms with Crippen LogP contribution in [0.2, 0.25) is 0 Å². The zero-order chi connectivity index (χ0) is 14.7. The van der Waals surface area contributed by atoms with Gasteiger partial charge in [0.25, 0.3) is 0 Å². The molecule has 3 rings (SSSR count). The number of fused-ring (bicyclic) bond motifs is 1. The van der Waals surface area contributed by atoms with E-state index in [9.17, 15) is 0 Å². The molecule has 0 bridgehead atoms. The number of pyridine rings is 1. The van der Waals surface area contributed by atoms with Gasteiger partial charge in [0.1, 0.15) is 11.3 Å². The first-order valence-corrected chi connectivity index (χ1v) is 6.89. The molecule has 5 nitrogen and oxygen atoms in total. The molecular weight excluding hydrogens is 262 g/mol. The van der Waals surface area contributed by atoms with Crippen LogP contribution in [0.15, 0.2) is 48.8 Å². The van der Waals surface area contributed by atoms with E-state index in [4.69, 9.17) is 5.73 Å². The Morgan fingerprint density at radius 1 is 1.05 bits per heavy atom. The fourth-order valence-electron chi connectivity index (χ4n) is 2.18. The van der Waals surface area contributed by atoms with E-state index in [0.717, 1.165) is 16.9 Å². The van der Waals surface area contributed by atoms with Crippen LogP contribution in [0.5, 0.6) is 0 Å². The number of rotatable bonds is 4. The lowest BCUT2D eigenvalue weighted by molar-refractivity contribution is 0.873. The normalized spacial score (nSPS) is 12.3. The average Bonchev–Trinajstić information content (AvgIpc) is 2.55. The Balaban J connectivity index is 1.79. The zero-order valence-electron chi connectivity index (χ0n) is 11.8. The van der Waals surface area contributed by atoms with Gasteiger partial charge in [-0.25, -0.2) is 9.97 Å². The lowest BCUT2D eigenvalue weighted by Crippen LogP contribution is -2.08. The summed E-state index contributed by atoms with van der Waals surface area (Å²) < 4.78 is 0. The highest BCUT2D eigenvalue weighted by atomic mass is 15.0. The van der Waals surface area contributed by atoms with Crippen LogP contribution in [0.4, 0.5) is 5.82 Å². The summed E-state index contributed by atoms with van der Waals surface area (Å²) in [5.41, 5.74) is 9.37. The predicted molar refractivity (Wildman–Crippen MR) is 83.7 cm³/mol. The van der Waals surface area contributed by atoms with E-state index < -0.39 is 0 Å². The first-order valence-electron chi connectivity index (χ1n) is 6.89. The Bertz CT molecular complexity index is 739. The molecule has 3 aromatic rings. The summed E-state index contributed by atoms with van der Waals surface area (Å²) in [5, 5.41) is 3.38. The van der Waals surface area contributed by atoms with Gasteiger partial charge >= 0.3 is 0 Å². The molecule has 0 aliphatic rings.